The summed E-state index contributed by atoms with van der Waals surface area (Å²) in [5.41, 5.74) is 0.818. The van der Waals surface area contributed by atoms with Crippen LogP contribution in [0.15, 0.2) is 60.8 Å². The van der Waals surface area contributed by atoms with Crippen molar-refractivity contribution in [2.24, 2.45) is 0 Å². The van der Waals surface area contributed by atoms with Gasteiger partial charge in [0.2, 0.25) is 5.91 Å². The van der Waals surface area contributed by atoms with Gasteiger partial charge in [-0.15, -0.1) is 0 Å². The van der Waals surface area contributed by atoms with E-state index in [-0.39, 0.29) is 30.5 Å². The van der Waals surface area contributed by atoms with E-state index in [1.54, 1.807) is 42.6 Å². The number of aliphatic hydroxyl groups is 1. The van der Waals surface area contributed by atoms with Crippen LogP contribution < -0.4 is 10.6 Å². The number of halogens is 2. The summed E-state index contributed by atoms with van der Waals surface area (Å²) >= 11 is 0. The first kappa shape index (κ1) is 27.9. The monoisotopic (exact) mass is 575 g/mol. The number of likely N-dealkylation sites (tertiary alicyclic amines) is 1. The Morgan fingerprint density at radius 1 is 1.02 bits per heavy atom. The third kappa shape index (κ3) is 5.25. The highest BCUT2D eigenvalue weighted by Gasteiger charge is 2.45. The van der Waals surface area contributed by atoms with Gasteiger partial charge in [0.05, 0.1) is 16.8 Å². The number of anilines is 1. The summed E-state index contributed by atoms with van der Waals surface area (Å²) in [5.74, 6) is -2.18. The number of nitrogens with zero attached hydrogens (tertiary/aromatic N) is 3. The van der Waals surface area contributed by atoms with Crippen LogP contribution in [0.25, 0.3) is 0 Å². The maximum atomic E-state index is 15.4. The lowest BCUT2D eigenvalue weighted by Gasteiger charge is -2.36. The zero-order chi connectivity index (χ0) is 29.4. The number of fused-ring (bicyclic) bond motifs is 1. The molecule has 2 saturated heterocycles. The number of hydrogen-bond donors (Lipinski definition) is 3. The van der Waals surface area contributed by atoms with Gasteiger partial charge in [0.15, 0.2) is 5.67 Å². The van der Waals surface area contributed by atoms with Crippen molar-refractivity contribution < 1.29 is 28.3 Å². The van der Waals surface area contributed by atoms with E-state index in [4.69, 9.17) is 0 Å². The van der Waals surface area contributed by atoms with Crippen LogP contribution >= 0.6 is 0 Å². The minimum absolute atomic E-state index is 0.0678. The highest BCUT2D eigenvalue weighted by molar-refractivity contribution is 6.25. The lowest BCUT2D eigenvalue weighted by Crippen LogP contribution is -2.55. The van der Waals surface area contributed by atoms with E-state index in [2.05, 4.69) is 20.5 Å². The molecule has 3 amide bonds. The summed E-state index contributed by atoms with van der Waals surface area (Å²) in [7, 11) is 0. The first-order valence-electron chi connectivity index (χ1n) is 14.1. The van der Waals surface area contributed by atoms with Crippen molar-refractivity contribution in [1.29, 1.82) is 0 Å². The number of hydrogen-bond acceptors (Lipinski definition) is 7. The van der Waals surface area contributed by atoms with Gasteiger partial charge >= 0.3 is 0 Å². The predicted octanol–water partition coefficient (Wildman–Crippen LogP) is 3.49. The number of amides is 3. The fraction of sp³-hybridized carbons (Fsp3) is 0.355. The summed E-state index contributed by atoms with van der Waals surface area (Å²) in [6, 6.07) is 14.0. The van der Waals surface area contributed by atoms with Gasteiger partial charge in [-0.3, -0.25) is 29.2 Å². The maximum absolute atomic E-state index is 15.4. The molecule has 1 aromatic heterocycles. The van der Waals surface area contributed by atoms with Crippen molar-refractivity contribution in [1.82, 2.24) is 20.1 Å². The highest BCUT2D eigenvalue weighted by Crippen LogP contribution is 2.36. The molecule has 2 aromatic carbocycles. The normalized spacial score (nSPS) is 22.2. The Balaban J connectivity index is 1.09. The molecule has 0 saturated carbocycles. The standard InChI is InChI=1S/C31H31F2N5O4/c32-22-16-19(18-37-14-11-31(33,12-15-37)25-6-1-2-13-34-25)7-8-20(22)17-35-23-5-3-4-21-27(23)30(42)38(29(21)41)24-9-10-26(39)36-28(24)40/h1-8,13,16,24,26,35,39H,9-12,14-15,17-18H2,(H,36,40). The average Bonchev–Trinajstić information content (AvgIpc) is 3.24. The van der Waals surface area contributed by atoms with Gasteiger partial charge in [-0.2, -0.15) is 0 Å². The van der Waals surface area contributed by atoms with Gasteiger partial charge in [0, 0.05) is 43.6 Å². The number of rotatable bonds is 7. The lowest BCUT2D eigenvalue weighted by atomic mass is 9.89. The molecule has 0 radical (unpaired) electrons. The second kappa shape index (κ2) is 11.2. The summed E-state index contributed by atoms with van der Waals surface area (Å²) in [6.07, 6.45) is 1.63. The molecule has 2 atom stereocenters. The second-order valence-corrected chi connectivity index (χ2v) is 11.1. The second-order valence-electron chi connectivity index (χ2n) is 11.1. The number of carbonyl (C=O) groups excluding carboxylic acids is 3. The molecule has 2 fully saturated rings. The summed E-state index contributed by atoms with van der Waals surface area (Å²) < 4.78 is 30.5. The van der Waals surface area contributed by atoms with Crippen LogP contribution in [0.2, 0.25) is 0 Å². The molecule has 9 nitrogen and oxygen atoms in total. The number of aliphatic hydroxyl groups excluding tert-OH is 1. The Kier molecular flexibility index (Phi) is 7.46. The Morgan fingerprint density at radius 3 is 2.55 bits per heavy atom. The fourth-order valence-electron chi connectivity index (χ4n) is 5.99. The third-order valence-electron chi connectivity index (χ3n) is 8.35. The Labute approximate surface area is 241 Å². The van der Waals surface area contributed by atoms with E-state index < -0.39 is 41.5 Å². The van der Waals surface area contributed by atoms with E-state index in [1.165, 1.54) is 12.1 Å². The minimum Gasteiger partial charge on any atom is -0.380 e. The van der Waals surface area contributed by atoms with E-state index in [0.29, 0.717) is 49.4 Å². The highest BCUT2D eigenvalue weighted by atomic mass is 19.1. The van der Waals surface area contributed by atoms with Crippen molar-refractivity contribution in [3.05, 3.63) is 94.6 Å². The minimum atomic E-state index is -1.45. The zero-order valence-electron chi connectivity index (χ0n) is 22.9. The predicted molar refractivity (Wildman–Crippen MR) is 149 cm³/mol. The van der Waals surface area contributed by atoms with Gasteiger partial charge in [-0.05, 0) is 61.6 Å². The number of benzene rings is 2. The smallest absolute Gasteiger partial charge is 0.264 e. The number of imide groups is 1. The molecule has 3 aromatic rings. The zero-order valence-corrected chi connectivity index (χ0v) is 22.9. The Hall–Kier alpha value is -4.22. The number of pyridine rings is 1. The molecule has 3 N–H and O–H groups in total. The topological polar surface area (TPSA) is 115 Å². The summed E-state index contributed by atoms with van der Waals surface area (Å²) in [4.78, 5) is 46.0. The van der Waals surface area contributed by atoms with E-state index in [0.717, 1.165) is 10.5 Å². The largest absolute Gasteiger partial charge is 0.380 e. The molecule has 4 heterocycles. The van der Waals surface area contributed by atoms with Crippen LogP contribution in [0.4, 0.5) is 14.5 Å². The van der Waals surface area contributed by atoms with E-state index in [9.17, 15) is 19.5 Å². The van der Waals surface area contributed by atoms with Crippen molar-refractivity contribution >= 4 is 23.4 Å². The van der Waals surface area contributed by atoms with Crippen LogP contribution in [0.1, 0.15) is 63.2 Å². The summed E-state index contributed by atoms with van der Waals surface area (Å²) in [6.45, 7) is 1.62. The molecule has 6 rings (SSSR count). The molecule has 2 unspecified atom stereocenters. The molecule has 3 aliphatic heterocycles. The first-order chi connectivity index (χ1) is 20.2. The van der Waals surface area contributed by atoms with Crippen LogP contribution in [-0.2, 0) is 23.6 Å². The molecular formula is C31H31F2N5O4. The fourth-order valence-corrected chi connectivity index (χ4v) is 5.99. The number of carbonyl (C=O) groups is 3. The summed E-state index contributed by atoms with van der Waals surface area (Å²) in [5, 5.41) is 15.1. The van der Waals surface area contributed by atoms with Gasteiger partial charge < -0.3 is 15.7 Å². The molecule has 42 heavy (non-hydrogen) atoms. The number of aromatic nitrogens is 1. The van der Waals surface area contributed by atoms with E-state index >= 15 is 8.78 Å². The van der Waals surface area contributed by atoms with Crippen LogP contribution in [0.3, 0.4) is 0 Å². The average molecular weight is 576 g/mol. The van der Waals surface area contributed by atoms with E-state index in [1.807, 2.05) is 6.07 Å². The maximum Gasteiger partial charge on any atom is 0.264 e. The van der Waals surface area contributed by atoms with Gasteiger partial charge in [-0.25, -0.2) is 8.78 Å². The molecule has 0 spiro atoms. The third-order valence-corrected chi connectivity index (χ3v) is 8.35. The van der Waals surface area contributed by atoms with Crippen LogP contribution in [-0.4, -0.2) is 63.0 Å². The molecule has 218 valence electrons. The molecule has 0 aliphatic carbocycles. The lowest BCUT2D eigenvalue weighted by molar-refractivity contribution is -0.131. The van der Waals surface area contributed by atoms with Crippen molar-refractivity contribution in [3.63, 3.8) is 0 Å². The quantitative estimate of drug-likeness (QED) is 0.370. The Morgan fingerprint density at radius 2 is 1.83 bits per heavy atom. The molecule has 3 aliphatic rings. The number of alkyl halides is 1. The van der Waals surface area contributed by atoms with Crippen molar-refractivity contribution in [2.45, 2.75) is 56.7 Å². The SMILES string of the molecule is O=C1NC(O)CCC1N1C(=O)c2cccc(NCc3ccc(CN4CCC(F)(c5ccccn5)CC4)cc3F)c2C1=O. The molecule has 0 bridgehead atoms. The molecular weight excluding hydrogens is 544 g/mol. The number of piperidine rings is 2. The molecule has 11 heteroatoms. The first-order valence-corrected chi connectivity index (χ1v) is 14.1. The Bertz CT molecular complexity index is 1530. The number of nitrogens with one attached hydrogen (secondary N) is 2. The van der Waals surface area contributed by atoms with Crippen LogP contribution in [0, 0.1) is 5.82 Å². The van der Waals surface area contributed by atoms with Gasteiger partial charge in [-0.1, -0.05) is 24.3 Å². The van der Waals surface area contributed by atoms with Crippen molar-refractivity contribution in [2.75, 3.05) is 18.4 Å². The van der Waals surface area contributed by atoms with Gasteiger partial charge in [0.1, 0.15) is 18.1 Å². The van der Waals surface area contributed by atoms with Crippen LogP contribution in [0.5, 0.6) is 0 Å². The van der Waals surface area contributed by atoms with Gasteiger partial charge in [0.25, 0.3) is 11.8 Å². The van der Waals surface area contributed by atoms with Crippen molar-refractivity contribution in [3.8, 4) is 0 Å².